The molecule has 0 aromatic heterocycles. The lowest BCUT2D eigenvalue weighted by atomic mass is 9.52. The van der Waals surface area contributed by atoms with E-state index in [1.54, 1.807) is 0 Å². The van der Waals surface area contributed by atoms with Gasteiger partial charge in [0.2, 0.25) is 0 Å². The molecular weight excluding hydrogens is 348 g/mol. The van der Waals surface area contributed by atoms with E-state index in [9.17, 15) is 4.79 Å². The predicted molar refractivity (Wildman–Crippen MR) is 114 cm³/mol. The van der Waals surface area contributed by atoms with Crippen LogP contribution < -0.4 is 0 Å². The smallest absolute Gasteiger partial charge is 0.192 e. The van der Waals surface area contributed by atoms with Crippen molar-refractivity contribution in [1.82, 2.24) is 0 Å². The fourth-order valence-corrected chi connectivity index (χ4v) is 8.31. The lowest BCUT2D eigenvalue weighted by molar-refractivity contribution is -0.116. The van der Waals surface area contributed by atoms with E-state index in [1.807, 2.05) is 6.08 Å². The van der Waals surface area contributed by atoms with Crippen molar-refractivity contribution in [2.24, 2.45) is 29.1 Å². The number of ketones is 1. The van der Waals surface area contributed by atoms with E-state index in [4.69, 9.17) is 4.43 Å². The molecule has 4 rings (SSSR count). The highest BCUT2D eigenvalue weighted by Gasteiger charge is 2.58. The molecule has 0 N–H and O–H groups in total. The molecule has 0 saturated heterocycles. The van der Waals surface area contributed by atoms with Crippen molar-refractivity contribution in [3.63, 3.8) is 0 Å². The minimum absolute atomic E-state index is 0.290. The van der Waals surface area contributed by atoms with Gasteiger partial charge in [-0.1, -0.05) is 33.3 Å². The van der Waals surface area contributed by atoms with E-state index in [0.29, 0.717) is 23.2 Å². The topological polar surface area (TPSA) is 26.3 Å². The van der Waals surface area contributed by atoms with Crippen molar-refractivity contribution in [3.05, 3.63) is 11.6 Å². The van der Waals surface area contributed by atoms with Gasteiger partial charge in [0.1, 0.15) is 0 Å². The first-order chi connectivity index (χ1) is 12.5. The lowest BCUT2D eigenvalue weighted by Crippen LogP contribution is -2.52. The molecule has 3 fully saturated rings. The van der Waals surface area contributed by atoms with E-state index in [0.717, 1.165) is 30.6 Å². The Hall–Kier alpha value is -0.413. The fraction of sp³-hybridized carbons (Fsp3) is 0.875. The van der Waals surface area contributed by atoms with Crippen LogP contribution in [0.4, 0.5) is 0 Å². The molecule has 3 saturated carbocycles. The second-order valence-corrected chi connectivity index (χ2v) is 16.5. The summed E-state index contributed by atoms with van der Waals surface area (Å²) in [6, 6.07) is 0. The number of carbonyl (C=O) groups excluding carboxylic acids is 1. The van der Waals surface area contributed by atoms with Crippen LogP contribution in [-0.2, 0) is 9.22 Å². The highest BCUT2D eigenvalue weighted by Crippen LogP contribution is 2.63. The highest BCUT2D eigenvalue weighted by molar-refractivity contribution is 6.74. The summed E-state index contributed by atoms with van der Waals surface area (Å²) in [6.45, 7) is 14.5. The van der Waals surface area contributed by atoms with Crippen molar-refractivity contribution in [1.29, 1.82) is 0 Å². The monoisotopic (exact) mass is 388 g/mol. The molecule has 0 aliphatic heterocycles. The Morgan fingerprint density at radius 2 is 1.78 bits per heavy atom. The van der Waals surface area contributed by atoms with Gasteiger partial charge < -0.3 is 4.43 Å². The van der Waals surface area contributed by atoms with Gasteiger partial charge in [-0.05, 0) is 98.2 Å². The first-order valence-corrected chi connectivity index (χ1v) is 14.3. The molecule has 0 spiro atoms. The van der Waals surface area contributed by atoms with E-state index < -0.39 is 8.32 Å². The highest BCUT2D eigenvalue weighted by atomic mass is 28.4. The van der Waals surface area contributed by atoms with Crippen LogP contribution in [-0.4, -0.2) is 20.2 Å². The zero-order valence-electron chi connectivity index (χ0n) is 18.4. The third-order valence-electron chi connectivity index (χ3n) is 9.46. The van der Waals surface area contributed by atoms with Crippen LogP contribution in [0.3, 0.4) is 0 Å². The van der Waals surface area contributed by atoms with Crippen molar-refractivity contribution in [2.75, 3.05) is 0 Å². The maximum absolute atomic E-state index is 11.9. The van der Waals surface area contributed by atoms with Crippen molar-refractivity contribution in [2.45, 2.75) is 103 Å². The molecule has 0 heterocycles. The van der Waals surface area contributed by atoms with Crippen LogP contribution >= 0.6 is 0 Å². The summed E-state index contributed by atoms with van der Waals surface area (Å²) in [5.41, 5.74) is 1.88. The van der Waals surface area contributed by atoms with Gasteiger partial charge in [0.25, 0.3) is 0 Å². The zero-order chi connectivity index (χ0) is 19.6. The average Bonchev–Trinajstić information content (AvgIpc) is 2.89. The fourth-order valence-electron chi connectivity index (χ4n) is 6.86. The molecular formula is C24H40O2Si. The maximum Gasteiger partial charge on any atom is 0.192 e. The third kappa shape index (κ3) is 3.21. The summed E-state index contributed by atoms with van der Waals surface area (Å²) in [5.74, 6) is 3.63. The van der Waals surface area contributed by atoms with Crippen LogP contribution in [0.2, 0.25) is 18.1 Å². The number of rotatable bonds is 2. The first kappa shape index (κ1) is 19.9. The van der Waals surface area contributed by atoms with E-state index in [1.165, 1.54) is 44.1 Å². The Labute approximate surface area is 167 Å². The Kier molecular flexibility index (Phi) is 4.83. The molecule has 27 heavy (non-hydrogen) atoms. The Bertz CT molecular complexity index is 643. The molecule has 0 radical (unpaired) electrons. The zero-order valence-corrected chi connectivity index (χ0v) is 19.4. The Morgan fingerprint density at radius 1 is 1.04 bits per heavy atom. The molecule has 0 aromatic carbocycles. The maximum atomic E-state index is 11.9. The van der Waals surface area contributed by atoms with Crippen molar-refractivity contribution >= 4 is 14.1 Å². The number of hydrogen-bond acceptors (Lipinski definition) is 2. The molecule has 0 amide bonds. The van der Waals surface area contributed by atoms with Gasteiger partial charge in [-0.3, -0.25) is 4.79 Å². The Morgan fingerprint density at radius 3 is 2.48 bits per heavy atom. The average molecular weight is 389 g/mol. The molecule has 2 nitrogen and oxygen atoms in total. The van der Waals surface area contributed by atoms with Gasteiger partial charge >= 0.3 is 0 Å². The predicted octanol–water partition coefficient (Wildman–Crippen LogP) is 6.52. The summed E-state index contributed by atoms with van der Waals surface area (Å²) < 4.78 is 7.02. The molecule has 6 atom stereocenters. The van der Waals surface area contributed by atoms with Gasteiger partial charge in [0.15, 0.2) is 14.1 Å². The number of hydrogen-bond donors (Lipinski definition) is 0. The van der Waals surface area contributed by atoms with Gasteiger partial charge in [-0.2, -0.15) is 0 Å². The van der Waals surface area contributed by atoms with Crippen molar-refractivity contribution < 1.29 is 9.22 Å². The lowest BCUT2D eigenvalue weighted by Gasteiger charge is -2.54. The molecule has 0 bridgehead atoms. The standard InChI is InChI=1S/C24H40O2Si/c1-23(2,3)27(5,6)26-22-12-11-21-20-9-7-16-15-17(25)8-10-18(16)19(20)13-14-24(21,22)4/h15,18-22H,7-14H2,1-6H3/t18-,19+,20+,21-,22-,24-/m0/s1. The minimum atomic E-state index is -1.72. The SMILES string of the molecule is CC(C)(C)[Si](C)(C)O[C@H]1CC[C@H]2[C@@H]3CCC4=CC(=O)CC[C@@H]4[C@H]3CC[C@]12C. The van der Waals surface area contributed by atoms with Crippen LogP contribution in [0, 0.1) is 29.1 Å². The van der Waals surface area contributed by atoms with E-state index in [2.05, 4.69) is 40.8 Å². The molecule has 152 valence electrons. The van der Waals surface area contributed by atoms with Gasteiger partial charge in [-0.25, -0.2) is 0 Å². The van der Waals surface area contributed by atoms with Gasteiger partial charge in [0.05, 0.1) is 6.10 Å². The van der Waals surface area contributed by atoms with Crippen molar-refractivity contribution in [3.8, 4) is 0 Å². The molecule has 0 unspecified atom stereocenters. The summed E-state index contributed by atoms with van der Waals surface area (Å²) in [7, 11) is -1.72. The quantitative estimate of drug-likeness (QED) is 0.503. The van der Waals surface area contributed by atoms with Crippen LogP contribution in [0.1, 0.15) is 79.1 Å². The second kappa shape index (κ2) is 6.55. The summed E-state index contributed by atoms with van der Waals surface area (Å²) in [4.78, 5) is 11.9. The van der Waals surface area contributed by atoms with Gasteiger partial charge in [0, 0.05) is 6.42 Å². The Balaban J connectivity index is 1.54. The summed E-state index contributed by atoms with van der Waals surface area (Å²) in [5, 5.41) is 0.290. The van der Waals surface area contributed by atoms with Crippen LogP contribution in [0.5, 0.6) is 0 Å². The largest absolute Gasteiger partial charge is 0.413 e. The minimum Gasteiger partial charge on any atom is -0.413 e. The third-order valence-corrected chi connectivity index (χ3v) is 13.9. The molecule has 4 aliphatic carbocycles. The number of carbonyl (C=O) groups is 1. The van der Waals surface area contributed by atoms with Crippen LogP contribution in [0.25, 0.3) is 0 Å². The second-order valence-electron chi connectivity index (χ2n) is 11.8. The summed E-state index contributed by atoms with van der Waals surface area (Å²) >= 11 is 0. The first-order valence-electron chi connectivity index (χ1n) is 11.4. The normalized spacial score (nSPS) is 42.2. The van der Waals surface area contributed by atoms with Gasteiger partial charge in [-0.15, -0.1) is 0 Å². The van der Waals surface area contributed by atoms with E-state index in [-0.39, 0.29) is 5.04 Å². The molecule has 0 aromatic rings. The molecule has 3 heteroatoms. The molecule has 4 aliphatic rings. The number of allylic oxidation sites excluding steroid dienone is 1. The summed E-state index contributed by atoms with van der Waals surface area (Å²) in [6.07, 6.45) is 12.2. The van der Waals surface area contributed by atoms with Crippen LogP contribution in [0.15, 0.2) is 11.6 Å². The van der Waals surface area contributed by atoms with E-state index >= 15 is 0 Å². The number of fused-ring (bicyclic) bond motifs is 5.